The van der Waals surface area contributed by atoms with E-state index in [2.05, 4.69) is 37.5 Å². The van der Waals surface area contributed by atoms with Gasteiger partial charge in [-0.05, 0) is 49.6 Å². The van der Waals surface area contributed by atoms with E-state index in [4.69, 9.17) is 14.2 Å². The normalized spacial score (nSPS) is 16.6. The Kier molecular flexibility index (Phi) is 9.20. The van der Waals surface area contributed by atoms with Gasteiger partial charge in [-0.1, -0.05) is 6.58 Å². The van der Waals surface area contributed by atoms with Crippen LogP contribution in [0.5, 0.6) is 17.2 Å². The zero-order valence-corrected chi connectivity index (χ0v) is 25.3. The molecule has 2 aliphatic heterocycles. The van der Waals surface area contributed by atoms with Crippen LogP contribution in [0.2, 0.25) is 0 Å². The van der Waals surface area contributed by atoms with E-state index >= 15 is 4.39 Å². The summed E-state index contributed by atoms with van der Waals surface area (Å²) in [6.07, 6.45) is 6.48. The Morgan fingerprint density at radius 1 is 1.02 bits per heavy atom. The molecule has 0 unspecified atom stereocenters. The topological polar surface area (TPSA) is 140 Å². The van der Waals surface area contributed by atoms with Crippen LogP contribution in [0.25, 0.3) is 10.9 Å². The quantitative estimate of drug-likeness (QED) is 0.210. The minimum absolute atomic E-state index is 0.0521. The predicted molar refractivity (Wildman–Crippen MR) is 170 cm³/mol. The number of fused-ring (bicyclic) bond motifs is 1. The highest BCUT2D eigenvalue weighted by Gasteiger charge is 2.23. The molecular weight excluding hydrogens is 593 g/mol. The summed E-state index contributed by atoms with van der Waals surface area (Å²) in [5, 5.41) is 10.2. The minimum atomic E-state index is -0.565. The number of amides is 2. The minimum Gasteiger partial charge on any atom is -0.495 e. The molecule has 3 N–H and O–H groups in total. The van der Waals surface area contributed by atoms with Crippen LogP contribution >= 0.6 is 0 Å². The fourth-order valence-electron chi connectivity index (χ4n) is 5.49. The van der Waals surface area contributed by atoms with Gasteiger partial charge >= 0.3 is 0 Å². The van der Waals surface area contributed by atoms with Crippen molar-refractivity contribution >= 4 is 39.9 Å². The molecule has 13 heteroatoms. The molecule has 4 heterocycles. The monoisotopic (exact) mass is 627 g/mol. The maximum absolute atomic E-state index is 15.4. The molecule has 2 fully saturated rings. The zero-order valence-electron chi connectivity index (χ0n) is 25.3. The number of benzene rings is 2. The molecule has 0 aliphatic carbocycles. The Bertz CT molecular complexity index is 1760. The van der Waals surface area contributed by atoms with E-state index < -0.39 is 5.82 Å². The first-order valence-electron chi connectivity index (χ1n) is 15.0. The Morgan fingerprint density at radius 2 is 1.85 bits per heavy atom. The lowest BCUT2D eigenvalue weighted by Gasteiger charge is -2.32. The molecule has 46 heavy (non-hydrogen) atoms. The molecule has 0 saturated carbocycles. The third-order valence-corrected chi connectivity index (χ3v) is 7.96. The van der Waals surface area contributed by atoms with Crippen LogP contribution in [-0.4, -0.2) is 77.2 Å². The van der Waals surface area contributed by atoms with Crippen molar-refractivity contribution in [2.75, 3.05) is 44.0 Å². The van der Waals surface area contributed by atoms with Crippen molar-refractivity contribution in [2.24, 2.45) is 0 Å². The molecule has 2 aromatic heterocycles. The number of ether oxygens (including phenoxy) is 3. The number of halogens is 1. The largest absolute Gasteiger partial charge is 0.495 e. The maximum Gasteiger partial charge on any atom is 0.270 e. The lowest BCUT2D eigenvalue weighted by atomic mass is 10.0. The van der Waals surface area contributed by atoms with Crippen molar-refractivity contribution in [3.63, 3.8) is 0 Å². The van der Waals surface area contributed by atoms with Crippen LogP contribution in [0.3, 0.4) is 0 Å². The fraction of sp³-hybridized carbons (Fsp3) is 0.303. The van der Waals surface area contributed by atoms with Gasteiger partial charge in [-0.2, -0.15) is 0 Å². The number of rotatable bonds is 10. The Morgan fingerprint density at radius 3 is 2.59 bits per heavy atom. The molecule has 2 aromatic carbocycles. The molecule has 238 valence electrons. The number of piperidine rings is 1. The van der Waals surface area contributed by atoms with Gasteiger partial charge in [0.2, 0.25) is 5.91 Å². The van der Waals surface area contributed by atoms with Gasteiger partial charge in [-0.15, -0.1) is 0 Å². The van der Waals surface area contributed by atoms with E-state index in [1.807, 2.05) is 6.07 Å². The second kappa shape index (κ2) is 13.8. The molecule has 0 radical (unpaired) electrons. The van der Waals surface area contributed by atoms with Crippen molar-refractivity contribution in [2.45, 2.75) is 31.3 Å². The molecule has 6 rings (SSSR count). The molecule has 0 spiro atoms. The first kappa shape index (κ1) is 30.7. The van der Waals surface area contributed by atoms with Crippen LogP contribution in [-0.2, 0) is 9.53 Å². The number of nitrogens with zero attached hydrogens (tertiary/aromatic N) is 4. The van der Waals surface area contributed by atoms with Crippen molar-refractivity contribution < 1.29 is 28.2 Å². The summed E-state index contributed by atoms with van der Waals surface area (Å²) in [4.78, 5) is 39.2. The van der Waals surface area contributed by atoms with Crippen LogP contribution in [0.4, 0.5) is 21.6 Å². The lowest BCUT2D eigenvalue weighted by Crippen LogP contribution is -2.41. The molecule has 2 saturated heterocycles. The Hall–Kier alpha value is -5.30. The number of carbonyl (C=O) groups excluding carboxylic acids is 2. The number of pyridine rings is 1. The molecule has 1 atom stereocenters. The SMILES string of the molecule is C=CC(=O)N1CCC(Nc2cc3c(Nc4ccc(Oc5ccnc(C(=O)N[C@H]6CCOC6)c5)cc4F)ncnc3cc2OC)CC1. The first-order chi connectivity index (χ1) is 22.4. The summed E-state index contributed by atoms with van der Waals surface area (Å²) in [5.74, 6) is 0.648. The van der Waals surface area contributed by atoms with Crippen molar-refractivity contribution in [3.05, 3.63) is 79.2 Å². The van der Waals surface area contributed by atoms with Gasteiger partial charge in [0.05, 0.1) is 36.6 Å². The van der Waals surface area contributed by atoms with Gasteiger partial charge in [0, 0.05) is 55.5 Å². The smallest absolute Gasteiger partial charge is 0.270 e. The van der Waals surface area contributed by atoms with Gasteiger partial charge in [-0.3, -0.25) is 14.6 Å². The van der Waals surface area contributed by atoms with Gasteiger partial charge < -0.3 is 35.1 Å². The van der Waals surface area contributed by atoms with Gasteiger partial charge in [0.25, 0.3) is 5.91 Å². The lowest BCUT2D eigenvalue weighted by molar-refractivity contribution is -0.126. The summed E-state index contributed by atoms with van der Waals surface area (Å²) in [6.45, 7) is 5.91. The molecule has 2 aliphatic rings. The number of nitrogens with one attached hydrogen (secondary N) is 3. The summed E-state index contributed by atoms with van der Waals surface area (Å²) < 4.78 is 32.1. The number of carbonyl (C=O) groups is 2. The highest BCUT2D eigenvalue weighted by molar-refractivity contribution is 5.95. The molecule has 2 amide bonds. The zero-order chi connectivity index (χ0) is 32.0. The van der Waals surface area contributed by atoms with E-state index in [0.29, 0.717) is 54.5 Å². The van der Waals surface area contributed by atoms with E-state index in [1.165, 1.54) is 30.7 Å². The third-order valence-electron chi connectivity index (χ3n) is 7.96. The number of anilines is 3. The van der Waals surface area contributed by atoms with Crippen molar-refractivity contribution in [1.29, 1.82) is 0 Å². The van der Waals surface area contributed by atoms with E-state index in [9.17, 15) is 9.59 Å². The van der Waals surface area contributed by atoms with Crippen LogP contribution in [0.15, 0.2) is 67.6 Å². The van der Waals surface area contributed by atoms with Gasteiger partial charge in [0.15, 0.2) is 0 Å². The van der Waals surface area contributed by atoms with Gasteiger partial charge in [0.1, 0.15) is 40.9 Å². The molecular formula is C33H34FN7O5. The van der Waals surface area contributed by atoms with Crippen LogP contribution in [0, 0.1) is 5.82 Å². The number of methoxy groups -OCH3 is 1. The standard InChI is InChI=1S/C33H34FN7O5/c1-3-31(42)41-11-7-20(8-12-41)38-28-16-24-27(17-30(28)44-2)36-19-37-32(24)40-26-5-4-22(14-25(26)34)46-23-6-10-35-29(15-23)33(43)39-21-9-13-45-18-21/h3-6,10,14-17,19-21,38H,1,7-9,11-13,18H2,2H3,(H,39,43)(H,36,37,40)/t21-/m0/s1. The number of hydrogen-bond donors (Lipinski definition) is 3. The summed E-state index contributed by atoms with van der Waals surface area (Å²) in [7, 11) is 1.59. The highest BCUT2D eigenvalue weighted by atomic mass is 19.1. The Balaban J connectivity index is 1.16. The van der Waals surface area contributed by atoms with Gasteiger partial charge in [-0.25, -0.2) is 14.4 Å². The number of likely N-dealkylation sites (tertiary alicyclic amines) is 1. The molecule has 4 aromatic rings. The highest BCUT2D eigenvalue weighted by Crippen LogP contribution is 2.35. The first-order valence-corrected chi connectivity index (χ1v) is 15.0. The molecule has 0 bridgehead atoms. The average molecular weight is 628 g/mol. The third kappa shape index (κ3) is 6.99. The number of aromatic nitrogens is 3. The summed E-state index contributed by atoms with van der Waals surface area (Å²) in [5.41, 5.74) is 1.74. The summed E-state index contributed by atoms with van der Waals surface area (Å²) >= 11 is 0. The fourth-order valence-corrected chi connectivity index (χ4v) is 5.49. The van der Waals surface area contributed by atoms with E-state index in [-0.39, 0.29) is 41.0 Å². The average Bonchev–Trinajstić information content (AvgIpc) is 3.59. The van der Waals surface area contributed by atoms with E-state index in [0.717, 1.165) is 24.9 Å². The second-order valence-electron chi connectivity index (χ2n) is 11.0. The Labute approximate surface area is 265 Å². The maximum atomic E-state index is 15.4. The predicted octanol–water partition coefficient (Wildman–Crippen LogP) is 4.82. The van der Waals surface area contributed by atoms with Crippen molar-refractivity contribution in [3.8, 4) is 17.2 Å². The molecule has 12 nitrogen and oxygen atoms in total. The van der Waals surface area contributed by atoms with Crippen LogP contribution < -0.4 is 25.4 Å². The van der Waals surface area contributed by atoms with E-state index in [1.54, 1.807) is 36.3 Å². The second-order valence-corrected chi connectivity index (χ2v) is 11.0. The van der Waals surface area contributed by atoms with Crippen LogP contribution in [0.1, 0.15) is 29.8 Å². The van der Waals surface area contributed by atoms with Crippen molar-refractivity contribution in [1.82, 2.24) is 25.2 Å². The summed E-state index contributed by atoms with van der Waals surface area (Å²) in [6, 6.07) is 11.3. The number of hydrogen-bond acceptors (Lipinski definition) is 10.